The third kappa shape index (κ3) is 6.19. The first-order valence-electron chi connectivity index (χ1n) is 6.72. The summed E-state index contributed by atoms with van der Waals surface area (Å²) in [7, 11) is 0. The van der Waals surface area contributed by atoms with Gasteiger partial charge in [-0.05, 0) is 6.42 Å². The van der Waals surface area contributed by atoms with E-state index >= 15 is 0 Å². The number of hydrogen-bond donors (Lipinski definition) is 1. The van der Waals surface area contributed by atoms with Gasteiger partial charge in [0.2, 0.25) is 0 Å². The fourth-order valence-corrected chi connectivity index (χ4v) is 1.83. The summed E-state index contributed by atoms with van der Waals surface area (Å²) in [4.78, 5) is 15.3. The number of amides is 1. The van der Waals surface area contributed by atoms with E-state index in [9.17, 15) is 4.79 Å². The maximum Gasteiger partial charge on any atom is 0.291 e. The van der Waals surface area contributed by atoms with Gasteiger partial charge in [-0.15, -0.1) is 0 Å². The van der Waals surface area contributed by atoms with E-state index in [-0.39, 0.29) is 5.91 Å². The Labute approximate surface area is 104 Å². The maximum atomic E-state index is 11.1. The highest BCUT2D eigenvalue weighted by atomic mass is 16.2. The number of rotatable bonds is 9. The SMILES string of the molecule is CCCCCCCCCCN=C1C=NNC1=O. The molecule has 1 amide bonds. The fourth-order valence-electron chi connectivity index (χ4n) is 1.83. The maximum absolute atomic E-state index is 11.1. The molecule has 1 aliphatic heterocycles. The van der Waals surface area contributed by atoms with E-state index in [2.05, 4.69) is 22.4 Å². The van der Waals surface area contributed by atoms with Crippen molar-refractivity contribution < 1.29 is 4.79 Å². The molecular formula is C13H23N3O. The lowest BCUT2D eigenvalue weighted by molar-refractivity contribution is -0.114. The Bertz CT molecular complexity index is 284. The van der Waals surface area contributed by atoms with Crippen LogP contribution in [0.5, 0.6) is 0 Å². The van der Waals surface area contributed by atoms with Gasteiger partial charge in [-0.1, -0.05) is 51.9 Å². The number of hydrogen-bond acceptors (Lipinski definition) is 3. The van der Waals surface area contributed by atoms with E-state index in [0.29, 0.717) is 5.71 Å². The van der Waals surface area contributed by atoms with Crippen LogP contribution in [0, 0.1) is 0 Å². The topological polar surface area (TPSA) is 53.8 Å². The summed E-state index contributed by atoms with van der Waals surface area (Å²) >= 11 is 0. The first-order chi connectivity index (χ1) is 8.34. The van der Waals surface area contributed by atoms with Gasteiger partial charge in [0.05, 0.1) is 6.21 Å². The third-order valence-corrected chi connectivity index (χ3v) is 2.88. The zero-order valence-corrected chi connectivity index (χ0v) is 10.7. The van der Waals surface area contributed by atoms with Gasteiger partial charge in [0.25, 0.3) is 5.91 Å². The van der Waals surface area contributed by atoms with E-state index in [0.717, 1.165) is 13.0 Å². The summed E-state index contributed by atoms with van der Waals surface area (Å²) in [6, 6.07) is 0. The van der Waals surface area contributed by atoms with Crippen molar-refractivity contribution in [3.63, 3.8) is 0 Å². The first kappa shape index (κ1) is 13.9. The molecule has 96 valence electrons. The Morgan fingerprint density at radius 2 is 1.76 bits per heavy atom. The molecule has 0 aromatic carbocycles. The van der Waals surface area contributed by atoms with Crippen molar-refractivity contribution in [2.45, 2.75) is 58.3 Å². The van der Waals surface area contributed by atoms with Gasteiger partial charge < -0.3 is 0 Å². The van der Waals surface area contributed by atoms with Crippen LogP contribution in [0.2, 0.25) is 0 Å². The number of nitrogens with zero attached hydrogens (tertiary/aromatic N) is 2. The van der Waals surface area contributed by atoms with E-state index in [1.807, 2.05) is 0 Å². The second-order valence-electron chi connectivity index (χ2n) is 4.44. The van der Waals surface area contributed by atoms with Crippen LogP contribution >= 0.6 is 0 Å². The summed E-state index contributed by atoms with van der Waals surface area (Å²) in [6.45, 7) is 2.98. The van der Waals surface area contributed by atoms with Crippen molar-refractivity contribution in [3.05, 3.63) is 0 Å². The number of nitrogens with one attached hydrogen (secondary N) is 1. The minimum atomic E-state index is -0.176. The van der Waals surface area contributed by atoms with Gasteiger partial charge in [0, 0.05) is 6.54 Å². The molecule has 0 radical (unpaired) electrons. The normalized spacial score (nSPS) is 16.8. The molecule has 1 heterocycles. The van der Waals surface area contributed by atoms with Crippen molar-refractivity contribution in [1.29, 1.82) is 0 Å². The predicted octanol–water partition coefficient (Wildman–Crippen LogP) is 2.68. The number of carbonyl (C=O) groups excluding carboxylic acids is 1. The minimum absolute atomic E-state index is 0.176. The molecule has 0 saturated heterocycles. The quantitative estimate of drug-likeness (QED) is 0.616. The monoisotopic (exact) mass is 237 g/mol. The molecule has 0 aliphatic carbocycles. The summed E-state index contributed by atoms with van der Waals surface area (Å²) in [5.74, 6) is -0.176. The molecule has 0 bridgehead atoms. The molecule has 4 heteroatoms. The highest BCUT2D eigenvalue weighted by Gasteiger charge is 2.12. The largest absolute Gasteiger partial charge is 0.291 e. The lowest BCUT2D eigenvalue weighted by Crippen LogP contribution is -2.19. The van der Waals surface area contributed by atoms with Gasteiger partial charge in [0.15, 0.2) is 0 Å². The number of hydrazone groups is 1. The van der Waals surface area contributed by atoms with Crippen LogP contribution in [0.3, 0.4) is 0 Å². The number of carbonyl (C=O) groups is 1. The van der Waals surface area contributed by atoms with Crippen molar-refractivity contribution in [2.75, 3.05) is 6.54 Å². The van der Waals surface area contributed by atoms with Crippen molar-refractivity contribution in [3.8, 4) is 0 Å². The Kier molecular flexibility index (Phi) is 7.27. The number of unbranched alkanes of at least 4 members (excludes halogenated alkanes) is 7. The van der Waals surface area contributed by atoms with E-state index in [1.54, 1.807) is 0 Å². The zero-order chi connectivity index (χ0) is 12.3. The number of aliphatic imine (C=N–C) groups is 1. The van der Waals surface area contributed by atoms with Crippen LogP contribution in [0.4, 0.5) is 0 Å². The van der Waals surface area contributed by atoms with Gasteiger partial charge >= 0.3 is 0 Å². The first-order valence-corrected chi connectivity index (χ1v) is 6.72. The van der Waals surface area contributed by atoms with Gasteiger partial charge in [0.1, 0.15) is 5.71 Å². The van der Waals surface area contributed by atoms with Crippen molar-refractivity contribution in [2.24, 2.45) is 10.1 Å². The summed E-state index contributed by atoms with van der Waals surface area (Å²) in [5.41, 5.74) is 2.82. The molecule has 17 heavy (non-hydrogen) atoms. The van der Waals surface area contributed by atoms with Crippen LogP contribution in [0.1, 0.15) is 58.3 Å². The lowest BCUT2D eigenvalue weighted by atomic mass is 10.1. The average molecular weight is 237 g/mol. The van der Waals surface area contributed by atoms with Crippen LogP contribution in [-0.2, 0) is 4.79 Å². The molecule has 4 nitrogen and oxygen atoms in total. The summed E-state index contributed by atoms with van der Waals surface area (Å²) in [5, 5.41) is 3.65. The molecule has 0 spiro atoms. The molecule has 0 unspecified atom stereocenters. The predicted molar refractivity (Wildman–Crippen MR) is 71.5 cm³/mol. The second-order valence-corrected chi connectivity index (χ2v) is 4.44. The standard InChI is InChI=1S/C13H23N3O/c1-2-3-4-5-6-7-8-9-10-14-12-11-15-16-13(12)17/h11H,2-10H2,1H3,(H,14,16,17). The highest BCUT2D eigenvalue weighted by Crippen LogP contribution is 2.08. The molecule has 0 aromatic rings. The van der Waals surface area contributed by atoms with Gasteiger partial charge in [-0.3, -0.25) is 9.79 Å². The Morgan fingerprint density at radius 1 is 1.12 bits per heavy atom. The van der Waals surface area contributed by atoms with Crippen LogP contribution in [0.25, 0.3) is 0 Å². The second kappa shape index (κ2) is 8.90. The fraction of sp³-hybridized carbons (Fsp3) is 0.769. The van der Waals surface area contributed by atoms with E-state index in [1.165, 1.54) is 51.2 Å². The van der Waals surface area contributed by atoms with Crippen LogP contribution in [0.15, 0.2) is 10.1 Å². The highest BCUT2D eigenvalue weighted by molar-refractivity contribution is 6.62. The van der Waals surface area contributed by atoms with Crippen molar-refractivity contribution >= 4 is 17.8 Å². The van der Waals surface area contributed by atoms with Gasteiger partial charge in [-0.25, -0.2) is 5.43 Å². The molecule has 1 N–H and O–H groups in total. The Balaban J connectivity index is 1.91. The summed E-state index contributed by atoms with van der Waals surface area (Å²) < 4.78 is 0. The Hall–Kier alpha value is -1.19. The molecule has 1 aliphatic rings. The Morgan fingerprint density at radius 3 is 2.35 bits per heavy atom. The molecule has 1 rings (SSSR count). The summed E-state index contributed by atoms with van der Waals surface area (Å²) in [6.07, 6.45) is 11.8. The van der Waals surface area contributed by atoms with E-state index < -0.39 is 0 Å². The van der Waals surface area contributed by atoms with Gasteiger partial charge in [-0.2, -0.15) is 5.10 Å². The minimum Gasteiger partial charge on any atom is -0.278 e. The van der Waals surface area contributed by atoms with E-state index in [4.69, 9.17) is 0 Å². The molecule has 0 saturated carbocycles. The zero-order valence-electron chi connectivity index (χ0n) is 10.7. The molecule has 0 aromatic heterocycles. The molecular weight excluding hydrogens is 214 g/mol. The third-order valence-electron chi connectivity index (χ3n) is 2.88. The van der Waals surface area contributed by atoms with Crippen molar-refractivity contribution in [1.82, 2.24) is 5.43 Å². The average Bonchev–Trinajstić information content (AvgIpc) is 2.73. The van der Waals surface area contributed by atoms with Crippen LogP contribution in [-0.4, -0.2) is 24.4 Å². The molecule has 0 fully saturated rings. The lowest BCUT2D eigenvalue weighted by Gasteiger charge is -2.00. The smallest absolute Gasteiger partial charge is 0.278 e. The molecule has 0 atom stereocenters. The van der Waals surface area contributed by atoms with Crippen LogP contribution < -0.4 is 5.43 Å².